The molecule has 0 radical (unpaired) electrons. The Balaban J connectivity index is 1.72. The molecular formula is C20H26FN3O3. The molecule has 0 unspecified atom stereocenters. The Morgan fingerprint density at radius 2 is 1.85 bits per heavy atom. The maximum atomic E-state index is 13.9. The Bertz CT molecular complexity index is 764. The van der Waals surface area contributed by atoms with Crippen LogP contribution in [0.25, 0.3) is 0 Å². The molecule has 0 spiro atoms. The smallest absolute Gasteiger partial charge is 0.319 e. The molecule has 1 aliphatic rings. The average Bonchev–Trinajstić information content (AvgIpc) is 2.66. The molecule has 1 aliphatic heterocycles. The van der Waals surface area contributed by atoms with Gasteiger partial charge in [0.15, 0.2) is 0 Å². The number of halogens is 1. The largest absolute Gasteiger partial charge is 0.478 e. The summed E-state index contributed by atoms with van der Waals surface area (Å²) in [5.74, 6) is 0.165. The maximum Gasteiger partial charge on any atom is 0.319 e. The average molecular weight is 375 g/mol. The third-order valence-electron chi connectivity index (χ3n) is 4.82. The van der Waals surface area contributed by atoms with Crippen LogP contribution in [0.5, 0.6) is 11.9 Å². The minimum Gasteiger partial charge on any atom is -0.478 e. The zero-order valence-electron chi connectivity index (χ0n) is 15.8. The molecule has 1 saturated heterocycles. The van der Waals surface area contributed by atoms with Crippen molar-refractivity contribution in [2.45, 2.75) is 38.8 Å². The highest BCUT2D eigenvalue weighted by molar-refractivity contribution is 5.32. The SMILES string of the molecule is CCOc1ncc(C2(O)CCN(Cc3ccccc3F)CC2)c(OCC)n1. The Kier molecular flexibility index (Phi) is 6.23. The number of hydrogen-bond acceptors (Lipinski definition) is 6. The molecule has 1 aromatic heterocycles. The van der Waals surface area contributed by atoms with Gasteiger partial charge >= 0.3 is 6.01 Å². The Morgan fingerprint density at radius 1 is 1.15 bits per heavy atom. The number of hydrogen-bond donors (Lipinski definition) is 1. The summed E-state index contributed by atoms with van der Waals surface area (Å²) in [5, 5.41) is 11.2. The summed E-state index contributed by atoms with van der Waals surface area (Å²) in [5.41, 5.74) is 0.182. The number of aliphatic hydroxyl groups is 1. The summed E-state index contributed by atoms with van der Waals surface area (Å²) in [6, 6.07) is 7.04. The molecule has 1 fully saturated rings. The van der Waals surface area contributed by atoms with E-state index >= 15 is 0 Å². The molecule has 2 heterocycles. The van der Waals surface area contributed by atoms with Crippen LogP contribution in [-0.4, -0.2) is 46.3 Å². The summed E-state index contributed by atoms with van der Waals surface area (Å²) in [6.07, 6.45) is 2.59. The normalized spacial score (nSPS) is 16.9. The van der Waals surface area contributed by atoms with Crippen molar-refractivity contribution in [1.29, 1.82) is 0 Å². The topological polar surface area (TPSA) is 67.7 Å². The lowest BCUT2D eigenvalue weighted by Crippen LogP contribution is -2.42. The maximum absolute atomic E-state index is 13.9. The Morgan fingerprint density at radius 3 is 2.52 bits per heavy atom. The van der Waals surface area contributed by atoms with Crippen molar-refractivity contribution in [3.8, 4) is 11.9 Å². The third kappa shape index (κ3) is 4.54. The molecule has 0 saturated carbocycles. The summed E-state index contributed by atoms with van der Waals surface area (Å²) in [6.45, 7) is 6.43. The molecule has 0 amide bonds. The fourth-order valence-corrected chi connectivity index (χ4v) is 3.33. The first kappa shape index (κ1) is 19.5. The van der Waals surface area contributed by atoms with E-state index < -0.39 is 5.60 Å². The zero-order chi connectivity index (χ0) is 19.3. The number of benzene rings is 1. The van der Waals surface area contributed by atoms with Crippen molar-refractivity contribution in [1.82, 2.24) is 14.9 Å². The molecule has 2 aromatic rings. The first-order valence-electron chi connectivity index (χ1n) is 9.37. The minimum absolute atomic E-state index is 0.197. The minimum atomic E-state index is -1.07. The van der Waals surface area contributed by atoms with Crippen LogP contribution >= 0.6 is 0 Å². The molecule has 1 N–H and O–H groups in total. The van der Waals surface area contributed by atoms with E-state index in [1.165, 1.54) is 6.07 Å². The fraction of sp³-hybridized carbons (Fsp3) is 0.500. The molecule has 0 bridgehead atoms. The van der Waals surface area contributed by atoms with E-state index in [0.717, 1.165) is 0 Å². The number of aromatic nitrogens is 2. The molecule has 1 aromatic carbocycles. The van der Waals surface area contributed by atoms with Gasteiger partial charge in [-0.2, -0.15) is 4.98 Å². The summed E-state index contributed by atoms with van der Waals surface area (Å²) < 4.78 is 24.8. The van der Waals surface area contributed by atoms with E-state index in [2.05, 4.69) is 14.9 Å². The van der Waals surface area contributed by atoms with Crippen molar-refractivity contribution >= 4 is 0 Å². The summed E-state index contributed by atoms with van der Waals surface area (Å²) >= 11 is 0. The van der Waals surface area contributed by atoms with Crippen LogP contribution in [0.2, 0.25) is 0 Å². The third-order valence-corrected chi connectivity index (χ3v) is 4.82. The number of rotatable bonds is 7. The van der Waals surface area contributed by atoms with E-state index in [1.54, 1.807) is 18.3 Å². The van der Waals surface area contributed by atoms with Gasteiger partial charge in [-0.25, -0.2) is 9.37 Å². The van der Waals surface area contributed by atoms with Crippen LogP contribution < -0.4 is 9.47 Å². The van der Waals surface area contributed by atoms with Crippen LogP contribution in [0.15, 0.2) is 30.5 Å². The molecule has 0 atom stereocenters. The number of piperidine rings is 1. The van der Waals surface area contributed by atoms with Gasteiger partial charge in [-0.1, -0.05) is 18.2 Å². The molecule has 27 heavy (non-hydrogen) atoms. The molecule has 6 nitrogen and oxygen atoms in total. The highest BCUT2D eigenvalue weighted by Gasteiger charge is 2.37. The van der Waals surface area contributed by atoms with Gasteiger partial charge in [0.25, 0.3) is 0 Å². The van der Waals surface area contributed by atoms with Crippen molar-refractivity contribution in [2.75, 3.05) is 26.3 Å². The van der Waals surface area contributed by atoms with Gasteiger partial charge in [0.1, 0.15) is 5.82 Å². The Hall–Kier alpha value is -2.25. The van der Waals surface area contributed by atoms with Crippen LogP contribution in [0.1, 0.15) is 37.8 Å². The summed E-state index contributed by atoms with van der Waals surface area (Å²) in [4.78, 5) is 10.6. The highest BCUT2D eigenvalue weighted by atomic mass is 19.1. The highest BCUT2D eigenvalue weighted by Crippen LogP contribution is 2.38. The first-order chi connectivity index (χ1) is 13.1. The van der Waals surface area contributed by atoms with Gasteiger partial charge in [0, 0.05) is 31.4 Å². The summed E-state index contributed by atoms with van der Waals surface area (Å²) in [7, 11) is 0. The quantitative estimate of drug-likeness (QED) is 0.803. The predicted octanol–water partition coefficient (Wildman–Crippen LogP) is 2.90. The van der Waals surface area contributed by atoms with E-state index in [-0.39, 0.29) is 11.8 Å². The van der Waals surface area contributed by atoms with E-state index in [0.29, 0.717) is 62.7 Å². The molecule has 3 rings (SSSR count). The van der Waals surface area contributed by atoms with E-state index in [4.69, 9.17) is 9.47 Å². The zero-order valence-corrected chi connectivity index (χ0v) is 15.8. The van der Waals surface area contributed by atoms with Crippen molar-refractivity contribution in [2.24, 2.45) is 0 Å². The van der Waals surface area contributed by atoms with Gasteiger partial charge in [0.05, 0.1) is 24.4 Å². The van der Waals surface area contributed by atoms with Crippen LogP contribution in [-0.2, 0) is 12.1 Å². The van der Waals surface area contributed by atoms with Gasteiger partial charge in [-0.15, -0.1) is 0 Å². The van der Waals surface area contributed by atoms with Gasteiger partial charge in [-0.05, 0) is 32.8 Å². The predicted molar refractivity (Wildman–Crippen MR) is 99.2 cm³/mol. The van der Waals surface area contributed by atoms with Gasteiger partial charge in [-0.3, -0.25) is 4.90 Å². The Labute approximate surface area is 159 Å². The first-order valence-corrected chi connectivity index (χ1v) is 9.37. The monoisotopic (exact) mass is 375 g/mol. The standard InChI is InChI=1S/C20H26FN3O3/c1-3-26-18-16(13-22-19(23-18)27-4-2)20(25)9-11-24(12-10-20)14-15-7-5-6-8-17(15)21/h5-8,13,25H,3-4,9-12,14H2,1-2H3. The second kappa shape index (κ2) is 8.63. The van der Waals surface area contributed by atoms with Crippen molar-refractivity contribution in [3.63, 3.8) is 0 Å². The van der Waals surface area contributed by atoms with E-state index in [9.17, 15) is 9.50 Å². The lowest BCUT2D eigenvalue weighted by Gasteiger charge is -2.38. The molecular weight excluding hydrogens is 349 g/mol. The molecule has 0 aliphatic carbocycles. The fourth-order valence-electron chi connectivity index (χ4n) is 3.33. The second-order valence-corrected chi connectivity index (χ2v) is 6.64. The van der Waals surface area contributed by atoms with Crippen LogP contribution in [0.4, 0.5) is 4.39 Å². The number of ether oxygens (including phenoxy) is 2. The van der Waals surface area contributed by atoms with Crippen molar-refractivity contribution < 1.29 is 19.0 Å². The van der Waals surface area contributed by atoms with Gasteiger partial charge in [0.2, 0.25) is 5.88 Å². The van der Waals surface area contributed by atoms with E-state index in [1.807, 2.05) is 19.9 Å². The van der Waals surface area contributed by atoms with Crippen molar-refractivity contribution in [3.05, 3.63) is 47.4 Å². The molecule has 7 heteroatoms. The van der Waals surface area contributed by atoms with Gasteiger partial charge < -0.3 is 14.6 Å². The lowest BCUT2D eigenvalue weighted by atomic mass is 9.85. The van der Waals surface area contributed by atoms with Crippen LogP contribution in [0, 0.1) is 5.82 Å². The van der Waals surface area contributed by atoms with Crippen LogP contribution in [0.3, 0.4) is 0 Å². The second-order valence-electron chi connectivity index (χ2n) is 6.64. The molecule has 146 valence electrons. The number of nitrogens with zero attached hydrogens (tertiary/aromatic N) is 3. The lowest BCUT2D eigenvalue weighted by molar-refractivity contribution is -0.0305. The number of likely N-dealkylation sites (tertiary alicyclic amines) is 1.